The number of para-hydroxylation sites is 1. The predicted molar refractivity (Wildman–Crippen MR) is 94.2 cm³/mol. The molecule has 0 aliphatic carbocycles. The third-order valence-electron chi connectivity index (χ3n) is 3.29. The van der Waals surface area contributed by atoms with Gasteiger partial charge in [-0.15, -0.1) is 13.2 Å². The molecular formula is C18H20N2OS. The van der Waals surface area contributed by atoms with E-state index < -0.39 is 0 Å². The predicted octanol–water partition coefficient (Wildman–Crippen LogP) is 3.84. The van der Waals surface area contributed by atoms with E-state index in [0.29, 0.717) is 18.8 Å². The van der Waals surface area contributed by atoms with Crippen LogP contribution in [0.4, 0.5) is 0 Å². The standard InChI is InChI=1S/C18H20N2OS/c1-4-10-20(11-5-2)18(21)13-22-17-12-14(3)15-8-6-7-9-16(15)19-17/h4-9,12H,1-2,10-11,13H2,3H3. The minimum absolute atomic E-state index is 0.0670. The second-order valence-corrected chi connectivity index (χ2v) is 5.95. The largest absolute Gasteiger partial charge is 0.335 e. The fraction of sp³-hybridized carbons (Fsp3) is 0.222. The third kappa shape index (κ3) is 3.98. The van der Waals surface area contributed by atoms with Gasteiger partial charge >= 0.3 is 0 Å². The van der Waals surface area contributed by atoms with Gasteiger partial charge in [0.05, 0.1) is 16.3 Å². The van der Waals surface area contributed by atoms with Crippen molar-refractivity contribution < 1.29 is 4.79 Å². The van der Waals surface area contributed by atoms with Crippen LogP contribution in [0.1, 0.15) is 5.56 Å². The zero-order valence-corrected chi connectivity index (χ0v) is 13.6. The van der Waals surface area contributed by atoms with E-state index in [4.69, 9.17) is 0 Å². The number of hydrogen-bond donors (Lipinski definition) is 0. The van der Waals surface area contributed by atoms with Gasteiger partial charge in [0, 0.05) is 18.5 Å². The summed E-state index contributed by atoms with van der Waals surface area (Å²) in [6, 6.07) is 10.1. The van der Waals surface area contributed by atoms with Gasteiger partial charge in [0.1, 0.15) is 0 Å². The minimum Gasteiger partial charge on any atom is -0.335 e. The molecule has 0 aliphatic rings. The van der Waals surface area contributed by atoms with Crippen LogP contribution in [0.15, 0.2) is 60.7 Å². The Kier molecular flexibility index (Phi) is 5.78. The Morgan fingerprint density at radius 2 is 1.95 bits per heavy atom. The van der Waals surface area contributed by atoms with Crippen molar-refractivity contribution in [1.29, 1.82) is 0 Å². The highest BCUT2D eigenvalue weighted by Crippen LogP contribution is 2.23. The molecule has 0 aliphatic heterocycles. The van der Waals surface area contributed by atoms with Crippen LogP contribution >= 0.6 is 11.8 Å². The molecule has 0 atom stereocenters. The van der Waals surface area contributed by atoms with E-state index >= 15 is 0 Å². The first-order valence-corrected chi connectivity index (χ1v) is 8.13. The van der Waals surface area contributed by atoms with Crippen molar-refractivity contribution in [1.82, 2.24) is 9.88 Å². The lowest BCUT2D eigenvalue weighted by Crippen LogP contribution is -2.32. The lowest BCUT2D eigenvalue weighted by Gasteiger charge is -2.18. The zero-order valence-electron chi connectivity index (χ0n) is 12.8. The summed E-state index contributed by atoms with van der Waals surface area (Å²) in [5, 5.41) is 2.03. The van der Waals surface area contributed by atoms with Crippen molar-refractivity contribution in [2.45, 2.75) is 11.9 Å². The molecule has 0 fully saturated rings. The quantitative estimate of drug-likeness (QED) is 0.575. The number of nitrogens with zero attached hydrogens (tertiary/aromatic N) is 2. The topological polar surface area (TPSA) is 33.2 Å². The van der Waals surface area contributed by atoms with Gasteiger partial charge in [0.25, 0.3) is 0 Å². The van der Waals surface area contributed by atoms with E-state index in [2.05, 4.69) is 31.1 Å². The number of fused-ring (bicyclic) bond motifs is 1. The van der Waals surface area contributed by atoms with Gasteiger partial charge in [0.2, 0.25) is 5.91 Å². The number of rotatable bonds is 7. The maximum atomic E-state index is 12.2. The van der Waals surface area contributed by atoms with Gasteiger partial charge in [-0.25, -0.2) is 4.98 Å². The monoisotopic (exact) mass is 312 g/mol. The Hall–Kier alpha value is -2.07. The van der Waals surface area contributed by atoms with Gasteiger partial charge in [-0.05, 0) is 24.6 Å². The summed E-state index contributed by atoms with van der Waals surface area (Å²) in [7, 11) is 0. The zero-order chi connectivity index (χ0) is 15.9. The summed E-state index contributed by atoms with van der Waals surface area (Å²) >= 11 is 1.47. The highest BCUT2D eigenvalue weighted by Gasteiger charge is 2.12. The average Bonchev–Trinajstić information content (AvgIpc) is 2.52. The Morgan fingerprint density at radius 3 is 2.64 bits per heavy atom. The molecule has 0 spiro atoms. The molecule has 1 aromatic carbocycles. The molecule has 0 saturated carbocycles. The summed E-state index contributed by atoms with van der Waals surface area (Å²) in [6.07, 6.45) is 3.45. The summed E-state index contributed by atoms with van der Waals surface area (Å²) in [5.74, 6) is 0.435. The van der Waals surface area contributed by atoms with Crippen LogP contribution in [0.3, 0.4) is 0 Å². The van der Waals surface area contributed by atoms with E-state index in [9.17, 15) is 4.79 Å². The van der Waals surface area contributed by atoms with Gasteiger partial charge in [-0.1, -0.05) is 42.1 Å². The van der Waals surface area contributed by atoms with Gasteiger partial charge in [0.15, 0.2) is 0 Å². The van der Waals surface area contributed by atoms with Gasteiger partial charge < -0.3 is 4.90 Å². The van der Waals surface area contributed by atoms with E-state index in [-0.39, 0.29) is 5.91 Å². The fourth-order valence-electron chi connectivity index (χ4n) is 2.21. The molecule has 22 heavy (non-hydrogen) atoms. The minimum atomic E-state index is 0.0670. The Balaban J connectivity index is 2.09. The molecule has 1 heterocycles. The highest BCUT2D eigenvalue weighted by atomic mass is 32.2. The molecule has 2 rings (SSSR count). The second-order valence-electron chi connectivity index (χ2n) is 4.96. The molecule has 0 radical (unpaired) electrons. The average molecular weight is 312 g/mol. The maximum absolute atomic E-state index is 12.2. The van der Waals surface area contributed by atoms with Crippen molar-refractivity contribution in [3.8, 4) is 0 Å². The molecule has 0 N–H and O–H groups in total. The number of carbonyl (C=O) groups excluding carboxylic acids is 1. The maximum Gasteiger partial charge on any atom is 0.233 e. The lowest BCUT2D eigenvalue weighted by atomic mass is 10.1. The van der Waals surface area contributed by atoms with Crippen LogP contribution in [-0.4, -0.2) is 34.6 Å². The van der Waals surface area contributed by atoms with E-state index in [0.717, 1.165) is 15.9 Å². The molecule has 114 valence electrons. The summed E-state index contributed by atoms with van der Waals surface area (Å²) in [5.41, 5.74) is 2.14. The smallest absolute Gasteiger partial charge is 0.233 e. The first-order valence-electron chi connectivity index (χ1n) is 7.14. The van der Waals surface area contributed by atoms with Crippen molar-refractivity contribution in [3.05, 3.63) is 61.2 Å². The van der Waals surface area contributed by atoms with E-state index in [1.807, 2.05) is 24.3 Å². The van der Waals surface area contributed by atoms with Crippen LogP contribution in [0.5, 0.6) is 0 Å². The molecule has 0 bridgehead atoms. The number of aryl methyl sites for hydroxylation is 1. The normalized spacial score (nSPS) is 10.4. The van der Waals surface area contributed by atoms with Crippen molar-refractivity contribution >= 4 is 28.6 Å². The Labute approximate surface area is 135 Å². The summed E-state index contributed by atoms with van der Waals surface area (Å²) in [6.45, 7) is 10.5. The molecule has 1 aromatic heterocycles. The fourth-order valence-corrected chi connectivity index (χ4v) is 3.09. The van der Waals surface area contributed by atoms with Crippen molar-refractivity contribution in [2.75, 3.05) is 18.8 Å². The number of benzene rings is 1. The second kappa shape index (κ2) is 7.80. The number of aromatic nitrogens is 1. The lowest BCUT2D eigenvalue weighted by molar-refractivity contribution is -0.127. The summed E-state index contributed by atoms with van der Waals surface area (Å²) < 4.78 is 0. The van der Waals surface area contributed by atoms with Gasteiger partial charge in [-0.2, -0.15) is 0 Å². The third-order valence-corrected chi connectivity index (χ3v) is 4.19. The molecule has 1 amide bonds. The van der Waals surface area contributed by atoms with Gasteiger partial charge in [-0.3, -0.25) is 4.79 Å². The van der Waals surface area contributed by atoms with E-state index in [1.165, 1.54) is 17.3 Å². The first-order chi connectivity index (χ1) is 10.7. The summed E-state index contributed by atoms with van der Waals surface area (Å²) in [4.78, 5) is 18.6. The van der Waals surface area contributed by atoms with Crippen molar-refractivity contribution in [3.63, 3.8) is 0 Å². The van der Waals surface area contributed by atoms with Crippen molar-refractivity contribution in [2.24, 2.45) is 0 Å². The first kappa shape index (κ1) is 16.3. The number of hydrogen-bond acceptors (Lipinski definition) is 3. The van der Waals surface area contributed by atoms with Crippen LogP contribution in [0.25, 0.3) is 10.9 Å². The number of pyridine rings is 1. The number of thioether (sulfide) groups is 1. The molecular weight excluding hydrogens is 292 g/mol. The SMILES string of the molecule is C=CCN(CC=C)C(=O)CSc1cc(C)c2ccccc2n1. The molecule has 0 unspecified atom stereocenters. The number of amides is 1. The molecule has 0 saturated heterocycles. The molecule has 3 nitrogen and oxygen atoms in total. The van der Waals surface area contributed by atoms with Crippen LogP contribution in [-0.2, 0) is 4.79 Å². The van der Waals surface area contributed by atoms with E-state index in [1.54, 1.807) is 17.1 Å². The highest BCUT2D eigenvalue weighted by molar-refractivity contribution is 7.99. The molecule has 2 aromatic rings. The Morgan fingerprint density at radius 1 is 1.27 bits per heavy atom. The Bertz CT molecular complexity index is 687. The van der Waals surface area contributed by atoms with Crippen LogP contribution in [0, 0.1) is 6.92 Å². The molecule has 4 heteroatoms. The number of carbonyl (C=O) groups is 1. The van der Waals surface area contributed by atoms with Crippen LogP contribution in [0.2, 0.25) is 0 Å². The van der Waals surface area contributed by atoms with Crippen LogP contribution < -0.4 is 0 Å².